The van der Waals surface area contributed by atoms with Crippen LogP contribution < -0.4 is 14.2 Å². The largest absolute Gasteiger partial charge is 0.496 e. The van der Waals surface area contributed by atoms with E-state index in [1.54, 1.807) is 7.11 Å². The Morgan fingerprint density at radius 2 is 1.70 bits per heavy atom. The predicted octanol–water partition coefficient (Wildman–Crippen LogP) is 5.17. The molecule has 0 bridgehead atoms. The second kappa shape index (κ2) is 8.72. The molecule has 0 aliphatic rings. The van der Waals surface area contributed by atoms with Crippen molar-refractivity contribution < 1.29 is 9.30 Å². The standard InChI is InChI=1S/C24H29N2O/c1-5-25(6-2)22-17-14-20(24(18-22)27-4)13-16-21-15-12-19-10-8-9-11-23(19)26(21)7-3/h8-18H,5-7H2,1-4H3/q+1. The van der Waals surface area contributed by atoms with Crippen LogP contribution in [0.3, 0.4) is 0 Å². The molecule has 0 unspecified atom stereocenters. The van der Waals surface area contributed by atoms with Gasteiger partial charge in [-0.05, 0) is 51.1 Å². The average Bonchev–Trinajstić information content (AvgIpc) is 2.72. The van der Waals surface area contributed by atoms with Crippen molar-refractivity contribution in [2.24, 2.45) is 0 Å². The minimum absolute atomic E-state index is 0.902. The van der Waals surface area contributed by atoms with Gasteiger partial charge >= 0.3 is 0 Å². The topological polar surface area (TPSA) is 16.4 Å². The Morgan fingerprint density at radius 3 is 2.41 bits per heavy atom. The molecule has 3 nitrogen and oxygen atoms in total. The number of methoxy groups -OCH3 is 1. The zero-order chi connectivity index (χ0) is 19.2. The summed E-state index contributed by atoms with van der Waals surface area (Å²) < 4.78 is 7.99. The highest BCUT2D eigenvalue weighted by Gasteiger charge is 2.12. The van der Waals surface area contributed by atoms with Gasteiger partial charge < -0.3 is 9.64 Å². The lowest BCUT2D eigenvalue weighted by atomic mass is 10.1. The van der Waals surface area contributed by atoms with Gasteiger partial charge in [-0.25, -0.2) is 0 Å². The Morgan fingerprint density at radius 1 is 0.926 bits per heavy atom. The van der Waals surface area contributed by atoms with Crippen LogP contribution in [-0.2, 0) is 6.54 Å². The number of ether oxygens (including phenoxy) is 1. The third-order valence-corrected chi connectivity index (χ3v) is 5.07. The number of hydrogen-bond donors (Lipinski definition) is 0. The van der Waals surface area contributed by atoms with Gasteiger partial charge in [0, 0.05) is 54.0 Å². The molecule has 0 amide bonds. The van der Waals surface area contributed by atoms with Crippen molar-refractivity contribution in [2.75, 3.05) is 25.1 Å². The zero-order valence-corrected chi connectivity index (χ0v) is 16.8. The molecule has 2 aromatic carbocycles. The van der Waals surface area contributed by atoms with Crippen molar-refractivity contribution in [3.8, 4) is 5.75 Å². The number of para-hydroxylation sites is 1. The van der Waals surface area contributed by atoms with Gasteiger partial charge in [-0.2, -0.15) is 4.57 Å². The second-order valence-corrected chi connectivity index (χ2v) is 6.49. The minimum atomic E-state index is 0.902. The van der Waals surface area contributed by atoms with Gasteiger partial charge in [0.15, 0.2) is 0 Å². The molecule has 3 aromatic rings. The summed E-state index contributed by atoms with van der Waals surface area (Å²) in [6.07, 6.45) is 4.31. The molecule has 0 atom stereocenters. The second-order valence-electron chi connectivity index (χ2n) is 6.49. The monoisotopic (exact) mass is 361 g/mol. The molecule has 0 aliphatic heterocycles. The summed E-state index contributed by atoms with van der Waals surface area (Å²) in [4.78, 5) is 2.32. The fourth-order valence-corrected chi connectivity index (χ4v) is 3.58. The van der Waals surface area contributed by atoms with Crippen LogP contribution in [0.2, 0.25) is 0 Å². The van der Waals surface area contributed by atoms with Gasteiger partial charge in [-0.3, -0.25) is 0 Å². The maximum atomic E-state index is 5.66. The first-order valence-electron chi connectivity index (χ1n) is 9.74. The van der Waals surface area contributed by atoms with Crippen LogP contribution in [0.5, 0.6) is 5.75 Å². The van der Waals surface area contributed by atoms with Crippen LogP contribution in [0.1, 0.15) is 32.0 Å². The van der Waals surface area contributed by atoms with Crippen molar-refractivity contribution in [3.05, 3.63) is 65.9 Å². The quantitative estimate of drug-likeness (QED) is 0.540. The SMILES string of the molecule is CCN(CC)c1ccc(/C=C/c2ccc3ccccc3[n+]2CC)c(OC)c1. The zero-order valence-electron chi connectivity index (χ0n) is 16.8. The molecule has 0 fully saturated rings. The molecule has 140 valence electrons. The Balaban J connectivity index is 1.97. The highest BCUT2D eigenvalue weighted by molar-refractivity contribution is 5.78. The predicted molar refractivity (Wildman–Crippen MR) is 115 cm³/mol. The van der Waals surface area contributed by atoms with E-state index in [0.29, 0.717) is 0 Å². The lowest BCUT2D eigenvalue weighted by Gasteiger charge is -2.22. The van der Waals surface area contributed by atoms with E-state index in [1.165, 1.54) is 22.3 Å². The van der Waals surface area contributed by atoms with E-state index in [9.17, 15) is 0 Å². The molecular formula is C24H29N2O+. The summed E-state index contributed by atoms with van der Waals surface area (Å²) in [6, 6.07) is 19.3. The summed E-state index contributed by atoms with van der Waals surface area (Å²) in [7, 11) is 1.74. The number of hydrogen-bond acceptors (Lipinski definition) is 2. The number of aromatic nitrogens is 1. The van der Waals surface area contributed by atoms with E-state index in [1.807, 2.05) is 0 Å². The van der Waals surface area contributed by atoms with Crippen LogP contribution in [0.25, 0.3) is 23.1 Å². The molecule has 3 heteroatoms. The summed E-state index contributed by atoms with van der Waals surface area (Å²) in [5.41, 5.74) is 4.73. The molecule has 1 heterocycles. The van der Waals surface area contributed by atoms with Gasteiger partial charge in [0.2, 0.25) is 11.2 Å². The smallest absolute Gasteiger partial charge is 0.212 e. The number of benzene rings is 2. The molecule has 0 saturated carbocycles. The van der Waals surface area contributed by atoms with Crippen LogP contribution in [0, 0.1) is 0 Å². The number of anilines is 1. The summed E-state index contributed by atoms with van der Waals surface area (Å²) in [5, 5.41) is 1.26. The normalized spacial score (nSPS) is 11.3. The molecule has 3 rings (SSSR count). The van der Waals surface area contributed by atoms with E-state index in [-0.39, 0.29) is 0 Å². The molecule has 0 radical (unpaired) electrons. The fourth-order valence-electron chi connectivity index (χ4n) is 3.58. The minimum Gasteiger partial charge on any atom is -0.496 e. The highest BCUT2D eigenvalue weighted by atomic mass is 16.5. The Kier molecular flexibility index (Phi) is 6.12. The van der Waals surface area contributed by atoms with Gasteiger partial charge in [0.1, 0.15) is 12.3 Å². The number of nitrogens with zero attached hydrogens (tertiary/aromatic N) is 2. The summed E-state index contributed by atoms with van der Waals surface area (Å²) >= 11 is 0. The first-order chi connectivity index (χ1) is 13.2. The molecule has 0 spiro atoms. The fraction of sp³-hybridized carbons (Fsp3) is 0.292. The highest BCUT2D eigenvalue weighted by Crippen LogP contribution is 2.27. The number of pyridine rings is 1. The van der Waals surface area contributed by atoms with Crippen molar-refractivity contribution in [1.29, 1.82) is 0 Å². The molecule has 0 saturated heterocycles. The van der Waals surface area contributed by atoms with Crippen LogP contribution in [0.15, 0.2) is 54.6 Å². The van der Waals surface area contributed by atoms with Gasteiger partial charge in [-0.15, -0.1) is 0 Å². The summed E-state index contributed by atoms with van der Waals surface area (Å²) in [5.74, 6) is 0.902. The maximum absolute atomic E-state index is 5.66. The lowest BCUT2D eigenvalue weighted by molar-refractivity contribution is -0.669. The van der Waals surface area contributed by atoms with Crippen molar-refractivity contribution >= 4 is 28.7 Å². The van der Waals surface area contributed by atoms with Gasteiger partial charge in [-0.1, -0.05) is 12.1 Å². The molecule has 0 aliphatic carbocycles. The number of fused-ring (bicyclic) bond motifs is 1. The van der Waals surface area contributed by atoms with Crippen LogP contribution in [-0.4, -0.2) is 20.2 Å². The van der Waals surface area contributed by atoms with Crippen LogP contribution >= 0.6 is 0 Å². The first-order valence-corrected chi connectivity index (χ1v) is 9.74. The van der Waals surface area contributed by atoms with E-state index in [2.05, 4.69) is 97.0 Å². The average molecular weight is 362 g/mol. The Hall–Kier alpha value is -2.81. The third kappa shape index (κ3) is 3.97. The van der Waals surface area contributed by atoms with E-state index >= 15 is 0 Å². The van der Waals surface area contributed by atoms with Crippen molar-refractivity contribution in [1.82, 2.24) is 0 Å². The van der Waals surface area contributed by atoms with E-state index in [0.717, 1.165) is 30.9 Å². The third-order valence-electron chi connectivity index (χ3n) is 5.07. The number of aryl methyl sites for hydroxylation is 1. The summed E-state index contributed by atoms with van der Waals surface area (Å²) in [6.45, 7) is 9.44. The first kappa shape index (κ1) is 19.0. The van der Waals surface area contributed by atoms with Gasteiger partial charge in [0.25, 0.3) is 0 Å². The van der Waals surface area contributed by atoms with Crippen molar-refractivity contribution in [2.45, 2.75) is 27.3 Å². The van der Waals surface area contributed by atoms with Gasteiger partial charge in [0.05, 0.1) is 7.11 Å². The molecular weight excluding hydrogens is 332 g/mol. The van der Waals surface area contributed by atoms with E-state index in [4.69, 9.17) is 4.74 Å². The molecule has 1 aromatic heterocycles. The molecule has 0 N–H and O–H groups in total. The Labute approximate surface area is 162 Å². The molecule has 27 heavy (non-hydrogen) atoms. The number of rotatable bonds is 7. The van der Waals surface area contributed by atoms with E-state index < -0.39 is 0 Å². The maximum Gasteiger partial charge on any atom is 0.212 e. The van der Waals surface area contributed by atoms with Crippen LogP contribution in [0.4, 0.5) is 5.69 Å². The van der Waals surface area contributed by atoms with Crippen molar-refractivity contribution in [3.63, 3.8) is 0 Å². The lowest BCUT2D eigenvalue weighted by Crippen LogP contribution is -2.36. The Bertz CT molecular complexity index is 942.